The van der Waals surface area contributed by atoms with E-state index in [2.05, 4.69) is 16.4 Å². The number of benzene rings is 1. The van der Waals surface area contributed by atoms with E-state index in [0.717, 1.165) is 23.4 Å². The Morgan fingerprint density at radius 1 is 1.12 bits per heavy atom. The van der Waals surface area contributed by atoms with Crippen LogP contribution in [0.25, 0.3) is 11.1 Å². The highest BCUT2D eigenvalue weighted by Crippen LogP contribution is 2.22. The summed E-state index contributed by atoms with van der Waals surface area (Å²) in [5.74, 6) is 0.869. The molecule has 0 unspecified atom stereocenters. The van der Waals surface area contributed by atoms with E-state index >= 15 is 0 Å². The van der Waals surface area contributed by atoms with Gasteiger partial charge >= 0.3 is 0 Å². The first kappa shape index (κ1) is 11.6. The van der Waals surface area contributed by atoms with Gasteiger partial charge in [0.25, 0.3) is 0 Å². The van der Waals surface area contributed by atoms with Crippen molar-refractivity contribution in [2.24, 2.45) is 0 Å². The largest absolute Gasteiger partial charge is 0.497 e. The van der Waals surface area contributed by atoms with Gasteiger partial charge in [-0.15, -0.1) is 0 Å². The molecule has 88 valence electrons. The van der Waals surface area contributed by atoms with E-state index < -0.39 is 0 Å². The van der Waals surface area contributed by atoms with Gasteiger partial charge in [-0.2, -0.15) is 0 Å². The minimum atomic E-state index is 0.830. The molecular formula is C14H16N2O. The normalized spacial score (nSPS) is 10.2. The van der Waals surface area contributed by atoms with E-state index in [9.17, 15) is 0 Å². The number of pyridine rings is 1. The molecule has 0 fully saturated rings. The van der Waals surface area contributed by atoms with Crippen LogP contribution in [0.2, 0.25) is 0 Å². The zero-order valence-electron chi connectivity index (χ0n) is 10.1. The minimum Gasteiger partial charge on any atom is -0.497 e. The molecule has 17 heavy (non-hydrogen) atoms. The van der Waals surface area contributed by atoms with E-state index in [1.807, 2.05) is 43.7 Å². The van der Waals surface area contributed by atoms with Crippen LogP contribution in [-0.4, -0.2) is 19.1 Å². The quantitative estimate of drug-likeness (QED) is 0.873. The predicted molar refractivity (Wildman–Crippen MR) is 69.0 cm³/mol. The van der Waals surface area contributed by atoms with Crippen molar-refractivity contribution in [1.29, 1.82) is 0 Å². The molecule has 1 N–H and O–H groups in total. The molecule has 1 aromatic carbocycles. The zero-order valence-corrected chi connectivity index (χ0v) is 10.1. The maximum absolute atomic E-state index is 5.14. The molecule has 0 aliphatic rings. The SMILES string of the molecule is CNCc1cncc(-c2ccc(OC)cc2)c1. The van der Waals surface area contributed by atoms with Gasteiger partial charge in [-0.1, -0.05) is 12.1 Å². The Kier molecular flexibility index (Phi) is 3.73. The summed E-state index contributed by atoms with van der Waals surface area (Å²) in [5, 5.41) is 3.12. The Bertz CT molecular complexity index is 480. The van der Waals surface area contributed by atoms with Gasteiger partial charge in [0.15, 0.2) is 0 Å². The van der Waals surface area contributed by atoms with Crippen molar-refractivity contribution in [3.63, 3.8) is 0 Å². The molecule has 0 saturated heterocycles. The second-order valence-electron chi connectivity index (χ2n) is 3.84. The molecule has 0 aliphatic heterocycles. The molecular weight excluding hydrogens is 212 g/mol. The fourth-order valence-electron chi connectivity index (χ4n) is 1.73. The molecule has 0 atom stereocenters. The second kappa shape index (κ2) is 5.46. The number of nitrogens with zero attached hydrogens (tertiary/aromatic N) is 1. The van der Waals surface area contributed by atoms with Crippen molar-refractivity contribution in [3.8, 4) is 16.9 Å². The molecule has 3 heteroatoms. The maximum atomic E-state index is 5.14. The molecule has 2 aromatic rings. The molecule has 0 radical (unpaired) electrons. The summed E-state index contributed by atoms with van der Waals surface area (Å²) in [7, 11) is 3.60. The number of aromatic nitrogens is 1. The van der Waals surface area contributed by atoms with Crippen LogP contribution in [0.1, 0.15) is 5.56 Å². The van der Waals surface area contributed by atoms with Crippen molar-refractivity contribution in [3.05, 3.63) is 48.3 Å². The maximum Gasteiger partial charge on any atom is 0.118 e. The van der Waals surface area contributed by atoms with E-state index in [1.165, 1.54) is 5.56 Å². The van der Waals surface area contributed by atoms with Crippen molar-refractivity contribution in [2.45, 2.75) is 6.54 Å². The molecule has 0 saturated carbocycles. The van der Waals surface area contributed by atoms with Gasteiger partial charge in [0.1, 0.15) is 5.75 Å². The minimum absolute atomic E-state index is 0.830. The van der Waals surface area contributed by atoms with Gasteiger partial charge in [0.05, 0.1) is 7.11 Å². The Morgan fingerprint density at radius 2 is 1.88 bits per heavy atom. The highest BCUT2D eigenvalue weighted by Gasteiger charge is 2.00. The van der Waals surface area contributed by atoms with Gasteiger partial charge in [-0.3, -0.25) is 4.98 Å². The van der Waals surface area contributed by atoms with Crippen LogP contribution >= 0.6 is 0 Å². The summed E-state index contributed by atoms with van der Waals surface area (Å²) in [6, 6.07) is 10.1. The number of rotatable bonds is 4. The molecule has 0 bridgehead atoms. The molecule has 0 aliphatic carbocycles. The highest BCUT2D eigenvalue weighted by atomic mass is 16.5. The first-order chi connectivity index (χ1) is 8.33. The third-order valence-corrected chi connectivity index (χ3v) is 2.60. The standard InChI is InChI=1S/C14H16N2O/c1-15-8-11-7-13(10-16-9-11)12-3-5-14(17-2)6-4-12/h3-7,9-10,15H,8H2,1-2H3. The Balaban J connectivity index is 2.28. The van der Waals surface area contributed by atoms with Crippen molar-refractivity contribution in [2.75, 3.05) is 14.2 Å². The van der Waals surface area contributed by atoms with E-state index in [4.69, 9.17) is 4.74 Å². The van der Waals surface area contributed by atoms with E-state index in [-0.39, 0.29) is 0 Å². The topological polar surface area (TPSA) is 34.2 Å². The smallest absolute Gasteiger partial charge is 0.118 e. The average Bonchev–Trinajstić information content (AvgIpc) is 2.40. The molecule has 0 spiro atoms. The number of hydrogen-bond acceptors (Lipinski definition) is 3. The fourth-order valence-corrected chi connectivity index (χ4v) is 1.73. The van der Waals surface area contributed by atoms with Gasteiger partial charge in [0, 0.05) is 24.5 Å². The van der Waals surface area contributed by atoms with Crippen molar-refractivity contribution >= 4 is 0 Å². The van der Waals surface area contributed by atoms with E-state index in [0.29, 0.717) is 0 Å². The lowest BCUT2D eigenvalue weighted by atomic mass is 10.1. The number of methoxy groups -OCH3 is 1. The van der Waals surface area contributed by atoms with Crippen LogP contribution in [0.5, 0.6) is 5.75 Å². The molecule has 1 heterocycles. The summed E-state index contributed by atoms with van der Waals surface area (Å²) >= 11 is 0. The lowest BCUT2D eigenvalue weighted by Crippen LogP contribution is -2.05. The van der Waals surface area contributed by atoms with Crippen LogP contribution in [0, 0.1) is 0 Å². The Labute approximate surface area is 101 Å². The average molecular weight is 228 g/mol. The monoisotopic (exact) mass is 228 g/mol. The first-order valence-corrected chi connectivity index (χ1v) is 5.56. The zero-order chi connectivity index (χ0) is 12.1. The lowest BCUT2D eigenvalue weighted by Gasteiger charge is -2.05. The van der Waals surface area contributed by atoms with Gasteiger partial charge in [0.2, 0.25) is 0 Å². The van der Waals surface area contributed by atoms with Gasteiger partial charge < -0.3 is 10.1 Å². The molecule has 0 amide bonds. The Morgan fingerprint density at radius 3 is 2.53 bits per heavy atom. The van der Waals surface area contributed by atoms with Crippen LogP contribution in [0.3, 0.4) is 0 Å². The third kappa shape index (κ3) is 2.82. The molecule has 2 rings (SSSR count). The van der Waals surface area contributed by atoms with Crippen LogP contribution < -0.4 is 10.1 Å². The van der Waals surface area contributed by atoms with Crippen LogP contribution in [0.15, 0.2) is 42.7 Å². The van der Waals surface area contributed by atoms with E-state index in [1.54, 1.807) is 7.11 Å². The summed E-state index contributed by atoms with van der Waals surface area (Å²) in [5.41, 5.74) is 3.46. The molecule has 1 aromatic heterocycles. The van der Waals surface area contributed by atoms with Crippen molar-refractivity contribution in [1.82, 2.24) is 10.3 Å². The Hall–Kier alpha value is -1.87. The lowest BCUT2D eigenvalue weighted by molar-refractivity contribution is 0.415. The highest BCUT2D eigenvalue weighted by molar-refractivity contribution is 5.63. The third-order valence-electron chi connectivity index (χ3n) is 2.60. The van der Waals surface area contributed by atoms with Gasteiger partial charge in [-0.25, -0.2) is 0 Å². The fraction of sp³-hybridized carbons (Fsp3) is 0.214. The van der Waals surface area contributed by atoms with Crippen LogP contribution in [-0.2, 0) is 6.54 Å². The summed E-state index contributed by atoms with van der Waals surface area (Å²) in [6.07, 6.45) is 3.75. The number of ether oxygens (including phenoxy) is 1. The van der Waals surface area contributed by atoms with Crippen molar-refractivity contribution < 1.29 is 4.74 Å². The van der Waals surface area contributed by atoms with Gasteiger partial charge in [-0.05, 0) is 36.4 Å². The number of hydrogen-bond donors (Lipinski definition) is 1. The summed E-state index contributed by atoms with van der Waals surface area (Å²) < 4.78 is 5.14. The van der Waals surface area contributed by atoms with Crippen LogP contribution in [0.4, 0.5) is 0 Å². The molecule has 3 nitrogen and oxygen atoms in total. The predicted octanol–water partition coefficient (Wildman–Crippen LogP) is 2.48. The summed E-state index contributed by atoms with van der Waals surface area (Å²) in [4.78, 5) is 4.25. The second-order valence-corrected chi connectivity index (χ2v) is 3.84. The first-order valence-electron chi connectivity index (χ1n) is 5.56. The summed E-state index contributed by atoms with van der Waals surface area (Å²) in [6.45, 7) is 0.830. The number of nitrogens with one attached hydrogen (secondary N) is 1.